The zero-order valence-corrected chi connectivity index (χ0v) is 8.74. The van der Waals surface area contributed by atoms with E-state index in [2.05, 4.69) is 10.2 Å². The zero-order chi connectivity index (χ0) is 10.9. The van der Waals surface area contributed by atoms with E-state index < -0.39 is 0 Å². The van der Waals surface area contributed by atoms with Gasteiger partial charge in [-0.2, -0.15) is 4.68 Å². The van der Waals surface area contributed by atoms with E-state index in [1.807, 2.05) is 20.8 Å². The van der Waals surface area contributed by atoms with Crippen LogP contribution in [0.4, 0.5) is 0 Å². The van der Waals surface area contributed by atoms with E-state index >= 15 is 0 Å². The van der Waals surface area contributed by atoms with E-state index in [0.29, 0.717) is 5.69 Å². The molecule has 0 spiro atoms. The van der Waals surface area contributed by atoms with E-state index in [4.69, 9.17) is 10.6 Å². The fourth-order valence-electron chi connectivity index (χ4n) is 0.995. The molecule has 0 amide bonds. The van der Waals surface area contributed by atoms with Crippen LogP contribution in [0.25, 0.3) is 0 Å². The van der Waals surface area contributed by atoms with Crippen LogP contribution in [0.15, 0.2) is 4.79 Å². The summed E-state index contributed by atoms with van der Waals surface area (Å²) in [6, 6.07) is 0.00278. The molecule has 1 aromatic rings. The van der Waals surface area contributed by atoms with Crippen molar-refractivity contribution < 1.29 is 4.74 Å². The summed E-state index contributed by atoms with van der Waals surface area (Å²) in [4.78, 5) is 11.7. The molecule has 0 atom stereocenters. The number of nitrogens with two attached hydrogens (primary N) is 1. The summed E-state index contributed by atoms with van der Waals surface area (Å²) in [5, 5.41) is 7.48. The first-order chi connectivity index (χ1) is 6.38. The molecule has 0 saturated heterocycles. The number of ether oxygens (including phenoxy) is 1. The number of methoxy groups -OCH3 is 1. The molecule has 0 bridgehead atoms. The Bertz CT molecular complexity index is 391. The number of hydrogen-bond acceptors (Lipinski definition) is 5. The molecule has 0 aliphatic heterocycles. The summed E-state index contributed by atoms with van der Waals surface area (Å²) >= 11 is 0. The van der Waals surface area contributed by atoms with Gasteiger partial charge in [-0.1, -0.05) is 25.9 Å². The number of aromatic nitrogens is 3. The molecule has 78 valence electrons. The summed E-state index contributed by atoms with van der Waals surface area (Å²) < 4.78 is 5.61. The second-order valence-corrected chi connectivity index (χ2v) is 3.96. The first-order valence-electron chi connectivity index (χ1n) is 4.17. The molecule has 6 heteroatoms. The number of nitrogens with zero attached hydrogens (tertiary/aromatic N) is 3. The maximum absolute atomic E-state index is 11.7. The van der Waals surface area contributed by atoms with Crippen molar-refractivity contribution in [2.75, 3.05) is 13.0 Å². The van der Waals surface area contributed by atoms with E-state index in [9.17, 15) is 4.79 Å². The molecule has 0 aliphatic rings. The van der Waals surface area contributed by atoms with Crippen molar-refractivity contribution in [2.24, 2.45) is 0 Å². The molecular formula is C8H14N4O2. The normalized spacial score (nSPS) is 11.4. The first-order valence-corrected chi connectivity index (χ1v) is 4.17. The maximum Gasteiger partial charge on any atom is 0.337 e. The van der Waals surface area contributed by atoms with E-state index in [-0.39, 0.29) is 17.0 Å². The van der Waals surface area contributed by atoms with Crippen LogP contribution in [0.5, 0.6) is 6.01 Å². The highest BCUT2D eigenvalue weighted by atomic mass is 16.5. The Morgan fingerprint density at radius 1 is 1.36 bits per heavy atom. The quantitative estimate of drug-likeness (QED) is 0.624. The van der Waals surface area contributed by atoms with Crippen LogP contribution in [0.1, 0.15) is 26.5 Å². The summed E-state index contributed by atoms with van der Waals surface area (Å²) in [5.74, 6) is 5.47. The van der Waals surface area contributed by atoms with Gasteiger partial charge < -0.3 is 10.6 Å². The van der Waals surface area contributed by atoms with Gasteiger partial charge in [-0.3, -0.25) is 4.79 Å². The third-order valence-electron chi connectivity index (χ3n) is 1.76. The average molecular weight is 198 g/mol. The van der Waals surface area contributed by atoms with Crippen molar-refractivity contribution in [2.45, 2.75) is 26.2 Å². The highest BCUT2D eigenvalue weighted by Gasteiger charge is 2.22. The van der Waals surface area contributed by atoms with Crippen molar-refractivity contribution in [3.8, 4) is 6.01 Å². The molecule has 6 nitrogen and oxygen atoms in total. The Balaban J connectivity index is 3.40. The smallest absolute Gasteiger partial charge is 0.337 e. The Hall–Kier alpha value is -1.59. The van der Waals surface area contributed by atoms with Gasteiger partial charge in [0.05, 0.1) is 7.11 Å². The molecule has 0 radical (unpaired) electrons. The van der Waals surface area contributed by atoms with Crippen LogP contribution in [-0.2, 0) is 5.41 Å². The SMILES string of the molecule is COc1nnc(C(C)(C)C)c(=O)n1N. The third kappa shape index (κ3) is 1.68. The van der Waals surface area contributed by atoms with Gasteiger partial charge in [0.15, 0.2) is 0 Å². The van der Waals surface area contributed by atoms with Gasteiger partial charge >= 0.3 is 6.01 Å². The standard InChI is InChI=1S/C8H14N4O2/c1-8(2,3)5-6(13)12(9)7(14-4)11-10-5/h9H2,1-4H3. The predicted molar refractivity (Wildman–Crippen MR) is 51.7 cm³/mol. The Morgan fingerprint density at radius 2 is 1.93 bits per heavy atom. The molecular weight excluding hydrogens is 184 g/mol. The minimum Gasteiger partial charge on any atom is -0.466 e. The van der Waals surface area contributed by atoms with Crippen molar-refractivity contribution in [3.63, 3.8) is 0 Å². The maximum atomic E-state index is 11.7. The predicted octanol–water partition coefficient (Wildman–Crippen LogP) is -0.342. The summed E-state index contributed by atoms with van der Waals surface area (Å²) in [7, 11) is 1.38. The lowest BCUT2D eigenvalue weighted by atomic mass is 9.93. The fraction of sp³-hybridized carbons (Fsp3) is 0.625. The fourth-order valence-corrected chi connectivity index (χ4v) is 0.995. The topological polar surface area (TPSA) is 83.0 Å². The number of hydrogen-bond donors (Lipinski definition) is 1. The van der Waals surface area contributed by atoms with E-state index in [1.54, 1.807) is 0 Å². The number of nitrogen functional groups attached to an aromatic ring is 1. The second kappa shape index (κ2) is 3.28. The first kappa shape index (κ1) is 10.5. The van der Waals surface area contributed by atoms with E-state index in [1.165, 1.54) is 7.11 Å². The molecule has 14 heavy (non-hydrogen) atoms. The molecule has 1 aromatic heterocycles. The Labute approximate surface area is 81.7 Å². The van der Waals surface area contributed by atoms with Crippen LogP contribution in [0.2, 0.25) is 0 Å². The summed E-state index contributed by atoms with van der Waals surface area (Å²) in [5.41, 5.74) is -0.442. The molecule has 2 N–H and O–H groups in total. The van der Waals surface area contributed by atoms with Crippen LogP contribution < -0.4 is 16.1 Å². The summed E-state index contributed by atoms with van der Waals surface area (Å²) in [6.07, 6.45) is 0. The van der Waals surface area contributed by atoms with Gasteiger partial charge in [-0.05, 0) is 0 Å². The van der Waals surface area contributed by atoms with Gasteiger partial charge in [0.2, 0.25) is 0 Å². The number of rotatable bonds is 1. The van der Waals surface area contributed by atoms with Gasteiger partial charge in [-0.25, -0.2) is 0 Å². The minimum absolute atomic E-state index is 0.00278. The minimum atomic E-state index is -0.385. The highest BCUT2D eigenvalue weighted by Crippen LogP contribution is 2.15. The van der Waals surface area contributed by atoms with Crippen LogP contribution in [0.3, 0.4) is 0 Å². The van der Waals surface area contributed by atoms with Gasteiger partial charge in [0.1, 0.15) is 5.69 Å². The highest BCUT2D eigenvalue weighted by molar-refractivity contribution is 5.10. The lowest BCUT2D eigenvalue weighted by Gasteiger charge is -2.16. The molecule has 1 rings (SSSR count). The lowest BCUT2D eigenvalue weighted by Crippen LogP contribution is -2.37. The lowest BCUT2D eigenvalue weighted by molar-refractivity contribution is 0.348. The molecule has 1 heterocycles. The molecule has 0 fully saturated rings. The van der Waals surface area contributed by atoms with Crippen LogP contribution >= 0.6 is 0 Å². The average Bonchev–Trinajstić information content (AvgIpc) is 2.07. The van der Waals surface area contributed by atoms with Gasteiger partial charge in [0.25, 0.3) is 5.56 Å². The third-order valence-corrected chi connectivity index (χ3v) is 1.76. The molecule has 0 aliphatic carbocycles. The summed E-state index contributed by atoms with van der Waals surface area (Å²) in [6.45, 7) is 5.60. The van der Waals surface area contributed by atoms with Crippen LogP contribution in [-0.4, -0.2) is 22.0 Å². The Morgan fingerprint density at radius 3 is 2.36 bits per heavy atom. The van der Waals surface area contributed by atoms with Crippen LogP contribution in [0, 0.1) is 0 Å². The van der Waals surface area contributed by atoms with Crippen molar-refractivity contribution >= 4 is 0 Å². The van der Waals surface area contributed by atoms with Crippen molar-refractivity contribution in [1.29, 1.82) is 0 Å². The molecule has 0 saturated carbocycles. The monoisotopic (exact) mass is 198 g/mol. The van der Waals surface area contributed by atoms with Gasteiger partial charge in [-0.15, -0.1) is 5.10 Å². The van der Waals surface area contributed by atoms with Crippen molar-refractivity contribution in [1.82, 2.24) is 14.9 Å². The second-order valence-electron chi connectivity index (χ2n) is 3.96. The largest absolute Gasteiger partial charge is 0.466 e. The molecule has 0 unspecified atom stereocenters. The van der Waals surface area contributed by atoms with Gasteiger partial charge in [0, 0.05) is 5.41 Å². The molecule has 0 aromatic carbocycles. The van der Waals surface area contributed by atoms with E-state index in [0.717, 1.165) is 4.68 Å². The Kier molecular flexibility index (Phi) is 2.46. The van der Waals surface area contributed by atoms with Crippen molar-refractivity contribution in [3.05, 3.63) is 16.0 Å². The zero-order valence-electron chi connectivity index (χ0n) is 8.74.